The maximum Gasteiger partial charge on any atom is 0.343 e. The number of ether oxygens (including phenoxy) is 1. The van der Waals surface area contributed by atoms with E-state index in [-0.39, 0.29) is 5.96 Å². The number of carbonyl (C=O) groups is 1. The van der Waals surface area contributed by atoms with Crippen LogP contribution in [0.2, 0.25) is 0 Å². The molecule has 0 heterocycles. The van der Waals surface area contributed by atoms with E-state index in [4.69, 9.17) is 16.2 Å². The molecule has 0 amide bonds. The van der Waals surface area contributed by atoms with Gasteiger partial charge in [0.2, 0.25) is 0 Å². The van der Waals surface area contributed by atoms with Crippen LogP contribution in [-0.4, -0.2) is 11.9 Å². The Bertz CT molecular complexity index is 642. The van der Waals surface area contributed by atoms with Crippen LogP contribution in [0.15, 0.2) is 53.5 Å². The smallest absolute Gasteiger partial charge is 0.343 e. The van der Waals surface area contributed by atoms with Crippen molar-refractivity contribution in [3.8, 4) is 5.75 Å². The molecule has 0 saturated heterocycles. The molecule has 4 N–H and O–H groups in total. The normalized spacial score (nSPS) is 9.95. The van der Waals surface area contributed by atoms with Crippen molar-refractivity contribution in [3.05, 3.63) is 59.7 Å². The Labute approximate surface area is 123 Å². The van der Waals surface area contributed by atoms with E-state index in [1.807, 2.05) is 12.1 Å². The molecule has 0 saturated carbocycles. The number of hydrogen-bond acceptors (Lipinski definition) is 3. The lowest BCUT2D eigenvalue weighted by Crippen LogP contribution is -2.21. The molecule has 0 aliphatic heterocycles. The van der Waals surface area contributed by atoms with E-state index in [0.29, 0.717) is 17.0 Å². The first-order valence-electron chi connectivity index (χ1n) is 6.59. The minimum atomic E-state index is -0.421. The average Bonchev–Trinajstić information content (AvgIpc) is 2.48. The van der Waals surface area contributed by atoms with E-state index in [9.17, 15) is 4.79 Å². The molecule has 108 valence electrons. The van der Waals surface area contributed by atoms with Crippen LogP contribution in [0, 0.1) is 0 Å². The monoisotopic (exact) mass is 283 g/mol. The van der Waals surface area contributed by atoms with E-state index in [2.05, 4.69) is 11.9 Å². The first-order valence-corrected chi connectivity index (χ1v) is 6.59. The van der Waals surface area contributed by atoms with Crippen LogP contribution < -0.4 is 16.2 Å². The first kappa shape index (κ1) is 14.6. The highest BCUT2D eigenvalue weighted by Crippen LogP contribution is 2.17. The van der Waals surface area contributed by atoms with Gasteiger partial charge in [-0.05, 0) is 48.4 Å². The molecule has 0 atom stereocenters. The molecule has 0 fully saturated rings. The second-order valence-electron chi connectivity index (χ2n) is 4.47. The third-order valence-electron chi connectivity index (χ3n) is 2.90. The third kappa shape index (κ3) is 4.07. The number of rotatable bonds is 4. The highest BCUT2D eigenvalue weighted by molar-refractivity contribution is 5.91. The van der Waals surface area contributed by atoms with E-state index in [1.54, 1.807) is 36.4 Å². The van der Waals surface area contributed by atoms with Crippen molar-refractivity contribution < 1.29 is 9.53 Å². The molecule has 2 aromatic carbocycles. The van der Waals surface area contributed by atoms with Gasteiger partial charge in [0.1, 0.15) is 5.75 Å². The number of nitrogens with zero attached hydrogens (tertiary/aromatic N) is 1. The van der Waals surface area contributed by atoms with Crippen molar-refractivity contribution in [2.75, 3.05) is 0 Å². The summed E-state index contributed by atoms with van der Waals surface area (Å²) in [7, 11) is 0. The molecule has 0 spiro atoms. The number of carbonyl (C=O) groups excluding carboxylic acids is 1. The largest absolute Gasteiger partial charge is 0.423 e. The zero-order valence-corrected chi connectivity index (χ0v) is 11.7. The molecule has 2 aromatic rings. The van der Waals surface area contributed by atoms with Crippen LogP contribution in [0.1, 0.15) is 22.8 Å². The van der Waals surface area contributed by atoms with Gasteiger partial charge in [0.15, 0.2) is 5.96 Å². The minimum Gasteiger partial charge on any atom is -0.423 e. The molecular weight excluding hydrogens is 266 g/mol. The third-order valence-corrected chi connectivity index (χ3v) is 2.90. The summed E-state index contributed by atoms with van der Waals surface area (Å²) in [6, 6.07) is 14.0. The molecule has 0 radical (unpaired) electrons. The van der Waals surface area contributed by atoms with Crippen LogP contribution in [0.3, 0.4) is 0 Å². The number of aryl methyl sites for hydroxylation is 1. The summed E-state index contributed by atoms with van der Waals surface area (Å²) in [5.74, 6) is 0.0716. The fourth-order valence-corrected chi connectivity index (χ4v) is 1.78. The fourth-order valence-electron chi connectivity index (χ4n) is 1.78. The summed E-state index contributed by atoms with van der Waals surface area (Å²) in [4.78, 5) is 15.9. The molecule has 0 unspecified atom stereocenters. The van der Waals surface area contributed by atoms with E-state index in [0.717, 1.165) is 6.42 Å². The van der Waals surface area contributed by atoms with Gasteiger partial charge in [-0.3, -0.25) is 0 Å². The van der Waals surface area contributed by atoms with Crippen LogP contribution in [-0.2, 0) is 6.42 Å². The topological polar surface area (TPSA) is 90.7 Å². The van der Waals surface area contributed by atoms with Gasteiger partial charge in [0.25, 0.3) is 0 Å². The summed E-state index contributed by atoms with van der Waals surface area (Å²) in [5.41, 5.74) is 12.8. The average molecular weight is 283 g/mol. The van der Waals surface area contributed by atoms with Gasteiger partial charge in [0.05, 0.1) is 11.3 Å². The standard InChI is InChI=1S/C16H17N3O2/c1-2-11-3-9-14(10-4-11)21-15(20)12-5-7-13(8-6-12)19-16(17)18/h3-10H,2H2,1H3,(H4,17,18,19). The van der Waals surface area contributed by atoms with Crippen molar-refractivity contribution in [2.24, 2.45) is 16.5 Å². The van der Waals surface area contributed by atoms with Crippen molar-refractivity contribution in [2.45, 2.75) is 13.3 Å². The Hall–Kier alpha value is -2.82. The Morgan fingerprint density at radius 2 is 1.67 bits per heavy atom. The van der Waals surface area contributed by atoms with Gasteiger partial charge in [-0.15, -0.1) is 0 Å². The van der Waals surface area contributed by atoms with Crippen LogP contribution in [0.25, 0.3) is 0 Å². The van der Waals surface area contributed by atoms with Crippen LogP contribution in [0.4, 0.5) is 5.69 Å². The van der Waals surface area contributed by atoms with Gasteiger partial charge >= 0.3 is 5.97 Å². The minimum absolute atomic E-state index is 0.0265. The maximum absolute atomic E-state index is 12.0. The molecular formula is C16H17N3O2. The summed E-state index contributed by atoms with van der Waals surface area (Å²) in [5, 5.41) is 0. The number of aliphatic imine (C=N–C) groups is 1. The van der Waals surface area contributed by atoms with Gasteiger partial charge in [-0.1, -0.05) is 19.1 Å². The molecule has 0 bridgehead atoms. The summed E-state index contributed by atoms with van der Waals surface area (Å²) < 4.78 is 5.30. The summed E-state index contributed by atoms with van der Waals surface area (Å²) in [6.45, 7) is 2.07. The van der Waals surface area contributed by atoms with Gasteiger partial charge in [-0.25, -0.2) is 9.79 Å². The van der Waals surface area contributed by atoms with E-state index in [1.165, 1.54) is 5.56 Å². The zero-order chi connectivity index (χ0) is 15.2. The quantitative estimate of drug-likeness (QED) is 0.390. The molecule has 0 aromatic heterocycles. The number of esters is 1. The highest BCUT2D eigenvalue weighted by atomic mass is 16.5. The number of nitrogens with two attached hydrogens (primary N) is 2. The predicted octanol–water partition coefficient (Wildman–Crippen LogP) is 2.37. The van der Waals surface area contributed by atoms with Gasteiger partial charge < -0.3 is 16.2 Å². The SMILES string of the molecule is CCc1ccc(OC(=O)c2ccc(N=C(N)N)cc2)cc1. The summed E-state index contributed by atoms with van der Waals surface area (Å²) >= 11 is 0. The number of hydrogen-bond donors (Lipinski definition) is 2. The molecule has 2 rings (SSSR count). The second-order valence-corrected chi connectivity index (χ2v) is 4.47. The number of guanidine groups is 1. The first-order chi connectivity index (χ1) is 10.1. The van der Waals surface area contributed by atoms with Crippen molar-refractivity contribution in [1.29, 1.82) is 0 Å². The Morgan fingerprint density at radius 1 is 1.05 bits per heavy atom. The second kappa shape index (κ2) is 6.56. The Kier molecular flexibility index (Phi) is 4.56. The number of benzene rings is 2. The lowest BCUT2D eigenvalue weighted by Gasteiger charge is -2.05. The molecule has 21 heavy (non-hydrogen) atoms. The van der Waals surface area contributed by atoms with Gasteiger partial charge in [0, 0.05) is 0 Å². The summed E-state index contributed by atoms with van der Waals surface area (Å²) in [6.07, 6.45) is 0.945. The Morgan fingerprint density at radius 3 is 2.19 bits per heavy atom. The molecule has 0 aliphatic carbocycles. The predicted molar refractivity (Wildman–Crippen MR) is 82.7 cm³/mol. The maximum atomic E-state index is 12.0. The molecule has 5 heteroatoms. The molecule has 5 nitrogen and oxygen atoms in total. The van der Waals surface area contributed by atoms with Gasteiger partial charge in [-0.2, -0.15) is 0 Å². The van der Waals surface area contributed by atoms with Crippen molar-refractivity contribution in [3.63, 3.8) is 0 Å². The Balaban J connectivity index is 2.07. The lowest BCUT2D eigenvalue weighted by molar-refractivity contribution is 0.0735. The van der Waals surface area contributed by atoms with Crippen molar-refractivity contribution in [1.82, 2.24) is 0 Å². The fraction of sp³-hybridized carbons (Fsp3) is 0.125. The lowest BCUT2D eigenvalue weighted by atomic mass is 10.2. The molecule has 0 aliphatic rings. The van der Waals surface area contributed by atoms with Crippen molar-refractivity contribution >= 4 is 17.6 Å². The van der Waals surface area contributed by atoms with E-state index < -0.39 is 5.97 Å². The zero-order valence-electron chi connectivity index (χ0n) is 11.7. The van der Waals surface area contributed by atoms with E-state index >= 15 is 0 Å². The van der Waals surface area contributed by atoms with Crippen LogP contribution >= 0.6 is 0 Å². The highest BCUT2D eigenvalue weighted by Gasteiger charge is 2.08. The van der Waals surface area contributed by atoms with Crippen LogP contribution in [0.5, 0.6) is 5.75 Å².